The van der Waals surface area contributed by atoms with Gasteiger partial charge in [0.1, 0.15) is 17.2 Å². The second-order valence-corrected chi connectivity index (χ2v) is 6.80. The molecule has 0 spiro atoms. The van der Waals surface area contributed by atoms with Gasteiger partial charge in [-0.1, -0.05) is 24.3 Å². The molecule has 3 aromatic carbocycles. The number of methoxy groups -OCH3 is 2. The standard InChI is InChI=1S/C25H21N3O4/c1-30-20-9-4-8-19(15-20)26-25(29)18-7-3-6-17(14-18)23-12-13-24(28-27-23)32-22-11-5-10-21(16-22)31-2/h3-16H,1-2H3,(H,26,29). The maximum atomic E-state index is 12.7. The Morgan fingerprint density at radius 3 is 2.22 bits per heavy atom. The van der Waals surface area contributed by atoms with Crippen molar-refractivity contribution >= 4 is 11.6 Å². The van der Waals surface area contributed by atoms with Crippen molar-refractivity contribution in [2.24, 2.45) is 0 Å². The van der Waals surface area contributed by atoms with E-state index >= 15 is 0 Å². The van der Waals surface area contributed by atoms with Crippen molar-refractivity contribution in [1.82, 2.24) is 10.2 Å². The van der Waals surface area contributed by atoms with Gasteiger partial charge in [-0.05, 0) is 42.5 Å². The molecule has 1 aromatic heterocycles. The Hall–Kier alpha value is -4.39. The van der Waals surface area contributed by atoms with Crippen molar-refractivity contribution in [2.45, 2.75) is 0 Å². The molecular formula is C25H21N3O4. The third-order valence-electron chi connectivity index (χ3n) is 4.65. The minimum Gasteiger partial charge on any atom is -0.497 e. The van der Waals surface area contributed by atoms with Crippen LogP contribution in [0.2, 0.25) is 0 Å². The fourth-order valence-corrected chi connectivity index (χ4v) is 3.04. The molecule has 0 aliphatic carbocycles. The molecule has 0 aliphatic heterocycles. The summed E-state index contributed by atoms with van der Waals surface area (Å²) in [5, 5.41) is 11.3. The molecule has 160 valence electrons. The monoisotopic (exact) mass is 427 g/mol. The highest BCUT2D eigenvalue weighted by Crippen LogP contribution is 2.25. The van der Waals surface area contributed by atoms with Gasteiger partial charge in [0.2, 0.25) is 5.88 Å². The number of aromatic nitrogens is 2. The van der Waals surface area contributed by atoms with E-state index in [9.17, 15) is 4.79 Å². The highest BCUT2D eigenvalue weighted by atomic mass is 16.5. The summed E-state index contributed by atoms with van der Waals surface area (Å²) in [5.41, 5.74) is 2.55. The first kappa shape index (κ1) is 20.9. The summed E-state index contributed by atoms with van der Waals surface area (Å²) in [5.74, 6) is 2.08. The van der Waals surface area contributed by atoms with Crippen LogP contribution in [0.1, 0.15) is 10.4 Å². The lowest BCUT2D eigenvalue weighted by Crippen LogP contribution is -2.12. The Labute approximate surface area is 185 Å². The summed E-state index contributed by atoms with van der Waals surface area (Å²) >= 11 is 0. The molecule has 4 rings (SSSR count). The second kappa shape index (κ2) is 9.61. The highest BCUT2D eigenvalue weighted by Gasteiger charge is 2.10. The molecule has 7 heteroatoms. The Balaban J connectivity index is 1.48. The molecule has 32 heavy (non-hydrogen) atoms. The van der Waals surface area contributed by atoms with Crippen molar-refractivity contribution in [2.75, 3.05) is 19.5 Å². The molecule has 0 fully saturated rings. The van der Waals surface area contributed by atoms with Crippen LogP contribution < -0.4 is 19.5 Å². The Kier molecular flexibility index (Phi) is 6.27. The van der Waals surface area contributed by atoms with Crippen molar-refractivity contribution in [3.8, 4) is 34.4 Å². The van der Waals surface area contributed by atoms with E-state index in [1.807, 2.05) is 36.4 Å². The van der Waals surface area contributed by atoms with Crippen LogP contribution in [-0.2, 0) is 0 Å². The zero-order valence-electron chi connectivity index (χ0n) is 17.6. The minimum absolute atomic E-state index is 0.231. The van der Waals surface area contributed by atoms with Crippen LogP contribution in [0.5, 0.6) is 23.1 Å². The lowest BCUT2D eigenvalue weighted by atomic mass is 10.1. The molecule has 0 atom stereocenters. The van der Waals surface area contributed by atoms with E-state index in [1.54, 1.807) is 62.8 Å². The molecule has 0 unspecified atom stereocenters. The first-order valence-electron chi connectivity index (χ1n) is 9.86. The third-order valence-corrected chi connectivity index (χ3v) is 4.65. The largest absolute Gasteiger partial charge is 0.497 e. The predicted molar refractivity (Wildman–Crippen MR) is 121 cm³/mol. The van der Waals surface area contributed by atoms with Gasteiger partial charge in [0.05, 0.1) is 19.9 Å². The normalized spacial score (nSPS) is 10.3. The number of ether oxygens (including phenoxy) is 3. The summed E-state index contributed by atoms with van der Waals surface area (Å²) in [7, 11) is 3.18. The topological polar surface area (TPSA) is 82.6 Å². The summed E-state index contributed by atoms with van der Waals surface area (Å²) < 4.78 is 16.1. The van der Waals surface area contributed by atoms with Crippen molar-refractivity contribution in [3.05, 3.63) is 90.5 Å². The van der Waals surface area contributed by atoms with Crippen LogP contribution in [0, 0.1) is 0 Å². The number of hydrogen-bond acceptors (Lipinski definition) is 6. The van der Waals surface area contributed by atoms with Gasteiger partial charge >= 0.3 is 0 Å². The summed E-state index contributed by atoms with van der Waals surface area (Å²) in [6.45, 7) is 0. The summed E-state index contributed by atoms with van der Waals surface area (Å²) in [6.07, 6.45) is 0. The molecule has 1 N–H and O–H groups in total. The van der Waals surface area contributed by atoms with Gasteiger partial charge < -0.3 is 19.5 Å². The minimum atomic E-state index is -0.231. The number of nitrogens with one attached hydrogen (secondary N) is 1. The fourth-order valence-electron chi connectivity index (χ4n) is 3.04. The number of benzene rings is 3. The molecule has 0 bridgehead atoms. The Morgan fingerprint density at radius 1 is 0.750 bits per heavy atom. The predicted octanol–water partition coefficient (Wildman–Crippen LogP) is 5.21. The van der Waals surface area contributed by atoms with Crippen LogP contribution >= 0.6 is 0 Å². The molecule has 0 aliphatic rings. The molecular weight excluding hydrogens is 406 g/mol. The average molecular weight is 427 g/mol. The number of carbonyl (C=O) groups excluding carboxylic acids is 1. The van der Waals surface area contributed by atoms with Crippen LogP contribution in [0.25, 0.3) is 11.3 Å². The number of rotatable bonds is 7. The van der Waals surface area contributed by atoms with Crippen LogP contribution in [0.4, 0.5) is 5.69 Å². The number of hydrogen-bond donors (Lipinski definition) is 1. The molecule has 1 amide bonds. The van der Waals surface area contributed by atoms with Crippen molar-refractivity contribution in [3.63, 3.8) is 0 Å². The molecule has 0 radical (unpaired) electrons. The number of carbonyl (C=O) groups is 1. The second-order valence-electron chi connectivity index (χ2n) is 6.80. The van der Waals surface area contributed by atoms with Crippen LogP contribution in [0.3, 0.4) is 0 Å². The van der Waals surface area contributed by atoms with Gasteiger partial charge in [0.25, 0.3) is 5.91 Å². The van der Waals surface area contributed by atoms with Gasteiger partial charge in [0.15, 0.2) is 0 Å². The Bertz CT molecular complexity index is 1230. The van der Waals surface area contributed by atoms with E-state index < -0.39 is 0 Å². The molecule has 7 nitrogen and oxygen atoms in total. The third kappa shape index (κ3) is 5.02. The number of amides is 1. The van der Waals surface area contributed by atoms with Gasteiger partial charge in [-0.2, -0.15) is 0 Å². The quantitative estimate of drug-likeness (QED) is 0.436. The summed E-state index contributed by atoms with van der Waals surface area (Å²) in [4.78, 5) is 12.7. The number of nitrogens with zero attached hydrogens (tertiary/aromatic N) is 2. The SMILES string of the molecule is COc1cccc(NC(=O)c2cccc(-c3ccc(Oc4cccc(OC)c4)nn3)c2)c1. The maximum absolute atomic E-state index is 12.7. The first-order valence-corrected chi connectivity index (χ1v) is 9.86. The lowest BCUT2D eigenvalue weighted by Gasteiger charge is -2.09. The van der Waals surface area contributed by atoms with E-state index in [0.717, 1.165) is 5.56 Å². The molecule has 1 heterocycles. The van der Waals surface area contributed by atoms with Gasteiger partial charge in [-0.25, -0.2) is 0 Å². The first-order chi connectivity index (χ1) is 15.6. The van der Waals surface area contributed by atoms with Crippen molar-refractivity contribution < 1.29 is 19.0 Å². The van der Waals surface area contributed by atoms with Crippen molar-refractivity contribution in [1.29, 1.82) is 0 Å². The van der Waals surface area contributed by atoms with E-state index in [2.05, 4.69) is 15.5 Å². The summed E-state index contributed by atoms with van der Waals surface area (Å²) in [6, 6.07) is 25.1. The maximum Gasteiger partial charge on any atom is 0.255 e. The van der Waals surface area contributed by atoms with E-state index in [4.69, 9.17) is 14.2 Å². The zero-order valence-corrected chi connectivity index (χ0v) is 17.6. The van der Waals surface area contributed by atoms with E-state index in [0.29, 0.717) is 40.1 Å². The fraction of sp³-hybridized carbons (Fsp3) is 0.0800. The van der Waals surface area contributed by atoms with E-state index in [-0.39, 0.29) is 5.91 Å². The number of anilines is 1. The Morgan fingerprint density at radius 2 is 1.47 bits per heavy atom. The van der Waals surface area contributed by atoms with Gasteiger partial charge in [-0.3, -0.25) is 4.79 Å². The highest BCUT2D eigenvalue weighted by molar-refractivity contribution is 6.05. The molecule has 4 aromatic rings. The molecule has 0 saturated carbocycles. The lowest BCUT2D eigenvalue weighted by molar-refractivity contribution is 0.102. The van der Waals surface area contributed by atoms with Crippen LogP contribution in [0.15, 0.2) is 84.9 Å². The van der Waals surface area contributed by atoms with Gasteiger partial charge in [-0.15, -0.1) is 10.2 Å². The molecule has 0 saturated heterocycles. The smallest absolute Gasteiger partial charge is 0.255 e. The zero-order chi connectivity index (χ0) is 22.3. The van der Waals surface area contributed by atoms with Gasteiger partial charge in [0, 0.05) is 35.0 Å². The van der Waals surface area contributed by atoms with E-state index in [1.165, 1.54) is 0 Å². The van der Waals surface area contributed by atoms with Crippen LogP contribution in [-0.4, -0.2) is 30.3 Å². The average Bonchev–Trinajstić information content (AvgIpc) is 2.85.